The molecule has 0 fully saturated rings. The van der Waals surface area contributed by atoms with Crippen molar-refractivity contribution in [1.29, 1.82) is 0 Å². The maximum atomic E-state index is 11.8. The summed E-state index contributed by atoms with van der Waals surface area (Å²) < 4.78 is 6.92. The zero-order valence-corrected chi connectivity index (χ0v) is 15.7. The third-order valence-electron chi connectivity index (χ3n) is 4.13. The Hall–Kier alpha value is -2.24. The van der Waals surface area contributed by atoms with Gasteiger partial charge in [0.25, 0.3) is 0 Å². The minimum absolute atomic E-state index is 0.309. The third kappa shape index (κ3) is 3.89. The number of nitrogens with zero attached hydrogens (tertiary/aromatic N) is 1. The molecule has 25 heavy (non-hydrogen) atoms. The SMILES string of the molecule is COC(=O)c1ccc2[nH]c(C)c(Cc3ccc(SN(C)C)cc3)c2c1. The molecule has 0 spiro atoms. The number of aryl methyl sites for hydroxylation is 1. The summed E-state index contributed by atoms with van der Waals surface area (Å²) in [7, 11) is 5.47. The van der Waals surface area contributed by atoms with E-state index in [4.69, 9.17) is 4.74 Å². The zero-order chi connectivity index (χ0) is 18.0. The monoisotopic (exact) mass is 354 g/mol. The lowest BCUT2D eigenvalue weighted by Gasteiger charge is -2.09. The molecule has 1 N–H and O–H groups in total. The second kappa shape index (κ2) is 7.33. The smallest absolute Gasteiger partial charge is 0.337 e. The van der Waals surface area contributed by atoms with Crippen LogP contribution in [0.2, 0.25) is 0 Å². The summed E-state index contributed by atoms with van der Waals surface area (Å²) in [5.74, 6) is -0.309. The number of hydrogen-bond acceptors (Lipinski definition) is 4. The van der Waals surface area contributed by atoms with Gasteiger partial charge in [-0.15, -0.1) is 0 Å². The number of hydrogen-bond donors (Lipinski definition) is 1. The van der Waals surface area contributed by atoms with Crippen LogP contribution in [-0.4, -0.2) is 36.5 Å². The van der Waals surface area contributed by atoms with E-state index in [2.05, 4.69) is 40.5 Å². The molecule has 0 radical (unpaired) electrons. The highest BCUT2D eigenvalue weighted by molar-refractivity contribution is 7.97. The normalized spacial score (nSPS) is 11.2. The lowest BCUT2D eigenvalue weighted by Crippen LogP contribution is -2.00. The molecule has 0 aliphatic rings. The number of fused-ring (bicyclic) bond motifs is 1. The van der Waals surface area contributed by atoms with Gasteiger partial charge in [0.15, 0.2) is 0 Å². The molecule has 3 aromatic rings. The van der Waals surface area contributed by atoms with E-state index in [9.17, 15) is 4.79 Å². The fourth-order valence-electron chi connectivity index (χ4n) is 2.94. The van der Waals surface area contributed by atoms with Crippen molar-refractivity contribution in [2.24, 2.45) is 0 Å². The van der Waals surface area contributed by atoms with Gasteiger partial charge in [-0.3, -0.25) is 4.31 Å². The quantitative estimate of drug-likeness (QED) is 0.544. The number of carbonyl (C=O) groups is 1. The fraction of sp³-hybridized carbons (Fsp3) is 0.250. The molecular weight excluding hydrogens is 332 g/mol. The summed E-state index contributed by atoms with van der Waals surface area (Å²) in [6, 6.07) is 14.3. The van der Waals surface area contributed by atoms with Crippen LogP contribution in [-0.2, 0) is 11.2 Å². The largest absolute Gasteiger partial charge is 0.465 e. The number of nitrogens with one attached hydrogen (secondary N) is 1. The Morgan fingerprint density at radius 1 is 1.16 bits per heavy atom. The van der Waals surface area contributed by atoms with Crippen molar-refractivity contribution < 1.29 is 9.53 Å². The lowest BCUT2D eigenvalue weighted by molar-refractivity contribution is 0.0601. The molecule has 0 aliphatic carbocycles. The maximum absolute atomic E-state index is 11.8. The van der Waals surface area contributed by atoms with Crippen LogP contribution in [0.4, 0.5) is 0 Å². The summed E-state index contributed by atoms with van der Waals surface area (Å²) in [6.07, 6.45) is 0.823. The molecule has 0 saturated carbocycles. The number of H-pyrrole nitrogens is 1. The molecule has 0 atom stereocenters. The van der Waals surface area contributed by atoms with Gasteiger partial charge in [-0.1, -0.05) is 12.1 Å². The number of aromatic nitrogens is 1. The fourth-order valence-corrected chi connectivity index (χ4v) is 3.62. The van der Waals surface area contributed by atoms with E-state index in [0.29, 0.717) is 5.56 Å². The maximum Gasteiger partial charge on any atom is 0.337 e. The minimum Gasteiger partial charge on any atom is -0.465 e. The van der Waals surface area contributed by atoms with E-state index in [-0.39, 0.29) is 5.97 Å². The van der Waals surface area contributed by atoms with Crippen LogP contribution in [0.5, 0.6) is 0 Å². The van der Waals surface area contributed by atoms with Gasteiger partial charge in [0, 0.05) is 21.5 Å². The van der Waals surface area contributed by atoms with Gasteiger partial charge in [-0.25, -0.2) is 4.79 Å². The van der Waals surface area contributed by atoms with Gasteiger partial charge in [-0.05, 0) is 80.8 Å². The van der Waals surface area contributed by atoms with E-state index in [0.717, 1.165) is 23.0 Å². The topological polar surface area (TPSA) is 45.3 Å². The van der Waals surface area contributed by atoms with Crippen LogP contribution in [0.15, 0.2) is 47.4 Å². The highest BCUT2D eigenvalue weighted by atomic mass is 32.2. The predicted molar refractivity (Wildman–Crippen MR) is 103 cm³/mol. The first-order chi connectivity index (χ1) is 12.0. The standard InChI is InChI=1S/C20H22N2O2S/c1-13-17(11-14-5-8-16(9-6-14)25-22(2)3)18-12-15(20(23)24-4)7-10-19(18)21-13/h5-10,12,21H,11H2,1-4H3. The summed E-state index contributed by atoms with van der Waals surface area (Å²) >= 11 is 1.70. The number of methoxy groups -OCH3 is 1. The van der Waals surface area contributed by atoms with Gasteiger partial charge in [-0.2, -0.15) is 0 Å². The molecule has 3 rings (SSSR count). The minimum atomic E-state index is -0.309. The number of carbonyl (C=O) groups excluding carboxylic acids is 1. The Morgan fingerprint density at radius 3 is 2.52 bits per heavy atom. The highest BCUT2D eigenvalue weighted by Crippen LogP contribution is 2.27. The Kier molecular flexibility index (Phi) is 5.16. The van der Waals surface area contributed by atoms with Crippen molar-refractivity contribution in [3.05, 3.63) is 64.8 Å². The van der Waals surface area contributed by atoms with Gasteiger partial charge in [0.1, 0.15) is 0 Å². The lowest BCUT2D eigenvalue weighted by atomic mass is 10.0. The summed E-state index contributed by atoms with van der Waals surface area (Å²) in [5.41, 5.74) is 5.21. The molecule has 0 bridgehead atoms. The summed E-state index contributed by atoms with van der Waals surface area (Å²) in [5, 5.41) is 1.08. The first-order valence-corrected chi connectivity index (χ1v) is 8.89. The number of rotatable bonds is 5. The van der Waals surface area contributed by atoms with E-state index in [1.54, 1.807) is 18.0 Å². The molecule has 0 saturated heterocycles. The second-order valence-electron chi connectivity index (χ2n) is 6.20. The van der Waals surface area contributed by atoms with Crippen molar-refractivity contribution in [2.75, 3.05) is 21.2 Å². The molecule has 130 valence electrons. The molecule has 0 amide bonds. The van der Waals surface area contributed by atoms with Crippen molar-refractivity contribution in [2.45, 2.75) is 18.2 Å². The van der Waals surface area contributed by atoms with Crippen molar-refractivity contribution in [3.8, 4) is 0 Å². The van der Waals surface area contributed by atoms with E-state index < -0.39 is 0 Å². The molecule has 1 aromatic heterocycles. The Bertz CT molecular complexity index is 898. The average Bonchev–Trinajstić information content (AvgIpc) is 2.90. The van der Waals surface area contributed by atoms with Crippen molar-refractivity contribution >= 4 is 28.8 Å². The van der Waals surface area contributed by atoms with Gasteiger partial charge in [0.05, 0.1) is 12.7 Å². The van der Waals surface area contributed by atoms with Crippen molar-refractivity contribution in [3.63, 3.8) is 0 Å². The van der Waals surface area contributed by atoms with Crippen molar-refractivity contribution in [1.82, 2.24) is 9.29 Å². The second-order valence-corrected chi connectivity index (χ2v) is 7.59. The molecule has 2 aromatic carbocycles. The average molecular weight is 354 g/mol. The Balaban J connectivity index is 1.92. The zero-order valence-electron chi connectivity index (χ0n) is 14.9. The van der Waals surface area contributed by atoms with Crippen LogP contribution in [0.1, 0.15) is 27.2 Å². The first kappa shape index (κ1) is 17.6. The van der Waals surface area contributed by atoms with Crippen LogP contribution in [0, 0.1) is 6.92 Å². The molecule has 0 unspecified atom stereocenters. The van der Waals surface area contributed by atoms with Gasteiger partial charge < -0.3 is 9.72 Å². The molecule has 1 heterocycles. The molecular formula is C20H22N2O2S. The van der Waals surface area contributed by atoms with Crippen LogP contribution in [0.25, 0.3) is 10.9 Å². The van der Waals surface area contributed by atoms with E-state index in [1.165, 1.54) is 23.1 Å². The van der Waals surface area contributed by atoms with Crippen LogP contribution < -0.4 is 0 Å². The van der Waals surface area contributed by atoms with E-state index in [1.807, 2.05) is 26.2 Å². The summed E-state index contributed by atoms with van der Waals surface area (Å²) in [6.45, 7) is 2.07. The van der Waals surface area contributed by atoms with Gasteiger partial charge in [0.2, 0.25) is 0 Å². The number of esters is 1. The molecule has 4 nitrogen and oxygen atoms in total. The molecule has 5 heteroatoms. The molecule has 0 aliphatic heterocycles. The Morgan fingerprint density at radius 2 is 1.88 bits per heavy atom. The highest BCUT2D eigenvalue weighted by Gasteiger charge is 2.13. The number of aromatic amines is 1. The van der Waals surface area contributed by atoms with Crippen LogP contribution >= 0.6 is 11.9 Å². The first-order valence-electron chi connectivity index (χ1n) is 8.11. The predicted octanol–water partition coefficient (Wildman–Crippen LogP) is 4.42. The number of benzene rings is 2. The summed E-state index contributed by atoms with van der Waals surface area (Å²) in [4.78, 5) is 16.4. The third-order valence-corrected chi connectivity index (χ3v) is 4.98. The van der Waals surface area contributed by atoms with Gasteiger partial charge >= 0.3 is 5.97 Å². The number of ether oxygens (including phenoxy) is 1. The van der Waals surface area contributed by atoms with E-state index >= 15 is 0 Å². The van der Waals surface area contributed by atoms with Crippen LogP contribution in [0.3, 0.4) is 0 Å². The Labute approximate surface area is 152 Å².